The third kappa shape index (κ3) is 4.19. The maximum absolute atomic E-state index is 13.7. The van der Waals surface area contributed by atoms with E-state index in [9.17, 15) is 18.0 Å². The topological polar surface area (TPSA) is 64.2 Å². The Labute approximate surface area is 196 Å². The summed E-state index contributed by atoms with van der Waals surface area (Å²) in [7, 11) is 0. The number of fused-ring (bicyclic) bond motifs is 1. The summed E-state index contributed by atoms with van der Waals surface area (Å²) in [5.74, 6) is -0.588. The van der Waals surface area contributed by atoms with Crippen molar-refractivity contribution in [2.24, 2.45) is 0 Å². The van der Waals surface area contributed by atoms with Crippen LogP contribution in [0.3, 0.4) is 0 Å². The van der Waals surface area contributed by atoms with Crippen molar-refractivity contribution in [2.75, 3.05) is 0 Å². The number of nitrogens with zero attached hydrogens (tertiary/aromatic N) is 4. The van der Waals surface area contributed by atoms with Gasteiger partial charge in [-0.2, -0.15) is 18.3 Å². The van der Waals surface area contributed by atoms with Gasteiger partial charge in [0.05, 0.1) is 16.6 Å². The van der Waals surface area contributed by atoms with Crippen LogP contribution in [0.4, 0.5) is 13.2 Å². The van der Waals surface area contributed by atoms with Crippen molar-refractivity contribution in [3.05, 3.63) is 95.4 Å². The lowest BCUT2D eigenvalue weighted by atomic mass is 10.1. The van der Waals surface area contributed by atoms with E-state index in [1.54, 1.807) is 24.4 Å². The minimum absolute atomic E-state index is 0.0503. The van der Waals surface area contributed by atoms with Crippen LogP contribution < -0.4 is 5.32 Å². The third-order valence-corrected chi connectivity index (χ3v) is 6.24. The molecule has 0 saturated carbocycles. The Kier molecular flexibility index (Phi) is 5.45. The Bertz CT molecular complexity index is 1460. The molecule has 0 bridgehead atoms. The summed E-state index contributed by atoms with van der Waals surface area (Å²) in [6.45, 7) is 1.80. The number of carbonyl (C=O) groups is 1. The quantitative estimate of drug-likeness (QED) is 0.347. The minimum atomic E-state index is -4.67. The standard InChI is InChI=1S/C24H18F3N5OS/c1-15(16-6-4-7-17(12-16)31-9-2-3-10-31)28-23(33)19-14-22-29-18(20-8-5-11-34-20)13-21(24(25,26)27)32(22)30-19/h2-15H,1H3,(H,28,33). The number of benzene rings is 1. The zero-order valence-electron chi connectivity index (χ0n) is 17.8. The lowest BCUT2D eigenvalue weighted by Crippen LogP contribution is -2.27. The molecular formula is C24H18F3N5OS. The van der Waals surface area contributed by atoms with Crippen LogP contribution in [0.25, 0.3) is 21.9 Å². The number of hydrogen-bond donors (Lipinski definition) is 1. The van der Waals surface area contributed by atoms with Gasteiger partial charge in [-0.25, -0.2) is 9.50 Å². The van der Waals surface area contributed by atoms with E-state index in [1.807, 2.05) is 53.4 Å². The Hall–Kier alpha value is -3.92. The van der Waals surface area contributed by atoms with Crippen LogP contribution in [0, 0.1) is 0 Å². The molecule has 0 aliphatic carbocycles. The second-order valence-corrected chi connectivity index (χ2v) is 8.63. The van der Waals surface area contributed by atoms with E-state index >= 15 is 0 Å². The molecule has 5 rings (SSSR count). The summed E-state index contributed by atoms with van der Waals surface area (Å²) in [5, 5.41) is 8.50. The Morgan fingerprint density at radius 3 is 2.56 bits per heavy atom. The van der Waals surface area contributed by atoms with Crippen molar-refractivity contribution in [2.45, 2.75) is 19.1 Å². The fourth-order valence-electron chi connectivity index (χ4n) is 3.65. The number of aromatic nitrogens is 4. The van der Waals surface area contributed by atoms with Gasteiger partial charge >= 0.3 is 6.18 Å². The highest BCUT2D eigenvalue weighted by Crippen LogP contribution is 2.33. The molecule has 0 fully saturated rings. The summed E-state index contributed by atoms with van der Waals surface area (Å²) >= 11 is 1.28. The Balaban J connectivity index is 1.45. The van der Waals surface area contributed by atoms with Crippen molar-refractivity contribution in [3.8, 4) is 16.3 Å². The molecule has 1 N–H and O–H groups in total. The van der Waals surface area contributed by atoms with Gasteiger partial charge in [0.15, 0.2) is 17.0 Å². The fraction of sp³-hybridized carbons (Fsp3) is 0.125. The molecular weight excluding hydrogens is 463 g/mol. The van der Waals surface area contributed by atoms with E-state index in [0.29, 0.717) is 9.39 Å². The summed E-state index contributed by atoms with van der Waals surface area (Å²) in [6, 6.07) is 16.7. The highest BCUT2D eigenvalue weighted by molar-refractivity contribution is 7.13. The molecule has 1 aromatic carbocycles. The van der Waals surface area contributed by atoms with Crippen molar-refractivity contribution < 1.29 is 18.0 Å². The van der Waals surface area contributed by atoms with E-state index in [0.717, 1.165) is 17.3 Å². The Morgan fingerprint density at radius 2 is 1.85 bits per heavy atom. The van der Waals surface area contributed by atoms with Gasteiger partial charge in [0.2, 0.25) is 0 Å². The lowest BCUT2D eigenvalue weighted by Gasteiger charge is -2.15. The molecule has 4 aromatic heterocycles. The van der Waals surface area contributed by atoms with E-state index in [-0.39, 0.29) is 17.0 Å². The number of rotatable bonds is 5. The van der Waals surface area contributed by atoms with Crippen LogP contribution in [-0.2, 0) is 6.18 Å². The number of halogens is 3. The molecule has 5 aromatic rings. The average Bonchev–Trinajstić information content (AvgIpc) is 3.59. The number of nitrogens with one attached hydrogen (secondary N) is 1. The minimum Gasteiger partial charge on any atom is -0.344 e. The fourth-order valence-corrected chi connectivity index (χ4v) is 4.34. The van der Waals surface area contributed by atoms with Gasteiger partial charge in [0, 0.05) is 24.1 Å². The number of hydrogen-bond acceptors (Lipinski definition) is 4. The van der Waals surface area contributed by atoms with Crippen molar-refractivity contribution >= 4 is 22.9 Å². The van der Waals surface area contributed by atoms with E-state index in [4.69, 9.17) is 0 Å². The molecule has 34 heavy (non-hydrogen) atoms. The number of amides is 1. The smallest absolute Gasteiger partial charge is 0.344 e. The predicted octanol–water partition coefficient (Wildman–Crippen LogP) is 5.76. The van der Waals surface area contributed by atoms with Crippen LogP contribution in [0.1, 0.15) is 34.7 Å². The largest absolute Gasteiger partial charge is 0.433 e. The highest BCUT2D eigenvalue weighted by Gasteiger charge is 2.35. The van der Waals surface area contributed by atoms with Gasteiger partial charge < -0.3 is 9.88 Å². The van der Waals surface area contributed by atoms with Crippen LogP contribution in [-0.4, -0.2) is 25.1 Å². The summed E-state index contributed by atoms with van der Waals surface area (Å²) in [4.78, 5) is 17.8. The number of alkyl halides is 3. The molecule has 0 spiro atoms. The molecule has 0 aliphatic rings. The van der Waals surface area contributed by atoms with Gasteiger partial charge in [-0.1, -0.05) is 18.2 Å². The lowest BCUT2D eigenvalue weighted by molar-refractivity contribution is -0.142. The third-order valence-electron chi connectivity index (χ3n) is 5.34. The zero-order chi connectivity index (χ0) is 23.9. The average molecular weight is 482 g/mol. The van der Waals surface area contributed by atoms with Crippen molar-refractivity contribution in [3.63, 3.8) is 0 Å². The molecule has 1 atom stereocenters. The molecule has 0 aliphatic heterocycles. The first kappa shape index (κ1) is 21.9. The summed E-state index contributed by atoms with van der Waals surface area (Å²) in [6.07, 6.45) is -0.845. The first-order chi connectivity index (χ1) is 16.3. The van der Waals surface area contributed by atoms with Crippen LogP contribution in [0.2, 0.25) is 0 Å². The molecule has 6 nitrogen and oxygen atoms in total. The maximum atomic E-state index is 13.7. The molecule has 1 amide bonds. The van der Waals surface area contributed by atoms with Crippen LogP contribution >= 0.6 is 11.3 Å². The molecule has 1 unspecified atom stereocenters. The van der Waals surface area contributed by atoms with E-state index in [1.165, 1.54) is 17.4 Å². The number of carbonyl (C=O) groups excluding carboxylic acids is 1. The van der Waals surface area contributed by atoms with Crippen LogP contribution in [0.15, 0.2) is 78.4 Å². The first-order valence-corrected chi connectivity index (χ1v) is 11.2. The molecule has 172 valence electrons. The normalized spacial score (nSPS) is 12.7. The second kappa shape index (κ2) is 8.45. The van der Waals surface area contributed by atoms with Gasteiger partial charge in [-0.05, 0) is 54.3 Å². The second-order valence-electron chi connectivity index (χ2n) is 7.68. The van der Waals surface area contributed by atoms with E-state index in [2.05, 4.69) is 15.4 Å². The van der Waals surface area contributed by atoms with Gasteiger partial charge in [0.25, 0.3) is 5.91 Å². The molecule has 0 saturated heterocycles. The summed E-state index contributed by atoms with van der Waals surface area (Å²) < 4.78 is 43.9. The van der Waals surface area contributed by atoms with Gasteiger partial charge in [-0.15, -0.1) is 11.3 Å². The molecule has 0 radical (unpaired) electrons. The molecule has 10 heteroatoms. The first-order valence-electron chi connectivity index (χ1n) is 10.4. The van der Waals surface area contributed by atoms with E-state index < -0.39 is 23.8 Å². The van der Waals surface area contributed by atoms with Gasteiger partial charge in [-0.3, -0.25) is 4.79 Å². The summed E-state index contributed by atoms with van der Waals surface area (Å²) in [5.41, 5.74) is 0.763. The molecule has 4 heterocycles. The van der Waals surface area contributed by atoms with Crippen LogP contribution in [0.5, 0.6) is 0 Å². The number of thiophene rings is 1. The highest BCUT2D eigenvalue weighted by atomic mass is 32.1. The predicted molar refractivity (Wildman–Crippen MR) is 123 cm³/mol. The van der Waals surface area contributed by atoms with Gasteiger partial charge in [0.1, 0.15) is 0 Å². The SMILES string of the molecule is CC(NC(=O)c1cc2nc(-c3cccs3)cc(C(F)(F)F)n2n1)c1cccc(-n2cccc2)c1. The monoisotopic (exact) mass is 481 g/mol. The Morgan fingerprint density at radius 1 is 1.06 bits per heavy atom. The van der Waals surface area contributed by atoms with Crippen molar-refractivity contribution in [1.29, 1.82) is 0 Å². The van der Waals surface area contributed by atoms with Crippen molar-refractivity contribution in [1.82, 2.24) is 24.5 Å². The zero-order valence-corrected chi connectivity index (χ0v) is 18.6. The maximum Gasteiger partial charge on any atom is 0.433 e.